The van der Waals surface area contributed by atoms with Crippen LogP contribution in [-0.4, -0.2) is 16.2 Å². The Kier molecular flexibility index (Phi) is 3.76. The molecule has 0 aromatic heterocycles. The fourth-order valence-electron chi connectivity index (χ4n) is 1.84. The van der Waals surface area contributed by atoms with Crippen molar-refractivity contribution in [2.24, 2.45) is 0 Å². The molecule has 2 N–H and O–H groups in total. The van der Waals surface area contributed by atoms with Gasteiger partial charge in [0.2, 0.25) is 0 Å². The first-order chi connectivity index (χ1) is 8.99. The second-order valence-electron chi connectivity index (χ2n) is 4.34. The van der Waals surface area contributed by atoms with Gasteiger partial charge in [-0.3, -0.25) is 4.79 Å². The van der Waals surface area contributed by atoms with E-state index in [1.165, 1.54) is 6.07 Å². The van der Waals surface area contributed by atoms with Gasteiger partial charge in [0, 0.05) is 10.6 Å². The average Bonchev–Trinajstić information content (AvgIpc) is 2.38. The van der Waals surface area contributed by atoms with Crippen LogP contribution in [0.3, 0.4) is 0 Å². The van der Waals surface area contributed by atoms with Crippen LogP contribution in [-0.2, 0) is 4.79 Å². The van der Waals surface area contributed by atoms with Crippen LogP contribution in [0.1, 0.15) is 18.4 Å². The molecule has 2 aromatic carbocycles. The lowest BCUT2D eigenvalue weighted by Crippen LogP contribution is -2.06. The molecule has 3 nitrogen and oxygen atoms in total. The van der Waals surface area contributed by atoms with Gasteiger partial charge in [0.1, 0.15) is 5.75 Å². The first-order valence-corrected chi connectivity index (χ1v) is 6.18. The van der Waals surface area contributed by atoms with Crippen LogP contribution < -0.4 is 0 Å². The molecule has 0 saturated carbocycles. The fraction of sp³-hybridized carbons (Fsp3) is 0.133. The minimum atomic E-state index is -0.859. The van der Waals surface area contributed by atoms with Gasteiger partial charge < -0.3 is 10.2 Å². The average molecular weight is 277 g/mol. The third kappa shape index (κ3) is 2.88. The van der Waals surface area contributed by atoms with Crippen LogP contribution in [0.25, 0.3) is 11.1 Å². The number of hydrogen-bond donors (Lipinski definition) is 2. The summed E-state index contributed by atoms with van der Waals surface area (Å²) in [6.45, 7) is 1.64. The highest BCUT2D eigenvalue weighted by atomic mass is 35.5. The standard InChI is InChI=1S/C15H13ClO3/c1-9(15(18)19)10-2-4-11(5-3-10)13-7-6-12(16)8-14(13)17/h2-9,17H,1H3,(H,18,19). The van der Waals surface area contributed by atoms with Crippen molar-refractivity contribution in [3.05, 3.63) is 53.1 Å². The first-order valence-electron chi connectivity index (χ1n) is 5.80. The molecular weight excluding hydrogens is 264 g/mol. The van der Waals surface area contributed by atoms with E-state index in [1.54, 1.807) is 43.3 Å². The summed E-state index contributed by atoms with van der Waals surface area (Å²) < 4.78 is 0. The zero-order chi connectivity index (χ0) is 14.0. The maximum atomic E-state index is 10.9. The molecule has 1 unspecified atom stereocenters. The Morgan fingerprint density at radius 1 is 1.16 bits per heavy atom. The lowest BCUT2D eigenvalue weighted by molar-refractivity contribution is -0.138. The van der Waals surface area contributed by atoms with E-state index >= 15 is 0 Å². The normalized spacial score (nSPS) is 12.1. The van der Waals surface area contributed by atoms with E-state index in [0.717, 1.165) is 11.1 Å². The van der Waals surface area contributed by atoms with Gasteiger partial charge >= 0.3 is 5.97 Å². The zero-order valence-electron chi connectivity index (χ0n) is 10.3. The van der Waals surface area contributed by atoms with E-state index in [-0.39, 0.29) is 5.75 Å². The maximum Gasteiger partial charge on any atom is 0.310 e. The zero-order valence-corrected chi connectivity index (χ0v) is 11.1. The van der Waals surface area contributed by atoms with Gasteiger partial charge in [0.15, 0.2) is 0 Å². The van der Waals surface area contributed by atoms with Crippen molar-refractivity contribution < 1.29 is 15.0 Å². The summed E-state index contributed by atoms with van der Waals surface area (Å²) in [6, 6.07) is 12.0. The quantitative estimate of drug-likeness (QED) is 0.894. The van der Waals surface area contributed by atoms with Crippen LogP contribution in [0, 0.1) is 0 Å². The van der Waals surface area contributed by atoms with Crippen molar-refractivity contribution in [3.8, 4) is 16.9 Å². The number of aromatic hydroxyl groups is 1. The fourth-order valence-corrected chi connectivity index (χ4v) is 2.01. The lowest BCUT2D eigenvalue weighted by atomic mass is 9.97. The molecule has 0 spiro atoms. The highest BCUT2D eigenvalue weighted by Gasteiger charge is 2.13. The summed E-state index contributed by atoms with van der Waals surface area (Å²) in [6.07, 6.45) is 0. The SMILES string of the molecule is CC(C(=O)O)c1ccc(-c2ccc(Cl)cc2O)cc1. The van der Waals surface area contributed by atoms with E-state index in [2.05, 4.69) is 0 Å². The Morgan fingerprint density at radius 2 is 1.79 bits per heavy atom. The maximum absolute atomic E-state index is 10.9. The molecule has 0 radical (unpaired) electrons. The van der Waals surface area contributed by atoms with Crippen molar-refractivity contribution >= 4 is 17.6 Å². The number of carboxylic acid groups (broad SMARTS) is 1. The van der Waals surface area contributed by atoms with E-state index in [4.69, 9.17) is 16.7 Å². The van der Waals surface area contributed by atoms with Gasteiger partial charge in [0.25, 0.3) is 0 Å². The van der Waals surface area contributed by atoms with Crippen molar-refractivity contribution in [3.63, 3.8) is 0 Å². The Morgan fingerprint density at radius 3 is 2.32 bits per heavy atom. The number of halogens is 1. The summed E-state index contributed by atoms with van der Waals surface area (Å²) in [5, 5.41) is 19.2. The Balaban J connectivity index is 2.35. The molecule has 98 valence electrons. The second-order valence-corrected chi connectivity index (χ2v) is 4.78. The van der Waals surface area contributed by atoms with E-state index in [1.807, 2.05) is 0 Å². The van der Waals surface area contributed by atoms with Gasteiger partial charge in [-0.05, 0) is 36.2 Å². The van der Waals surface area contributed by atoms with Crippen LogP contribution >= 0.6 is 11.6 Å². The Bertz CT molecular complexity index is 605. The second kappa shape index (κ2) is 5.33. The van der Waals surface area contributed by atoms with Crippen LogP contribution in [0.5, 0.6) is 5.75 Å². The highest BCUT2D eigenvalue weighted by molar-refractivity contribution is 6.30. The minimum absolute atomic E-state index is 0.103. The molecule has 0 amide bonds. The molecular formula is C15H13ClO3. The first kappa shape index (κ1) is 13.4. The van der Waals surface area contributed by atoms with Gasteiger partial charge in [-0.1, -0.05) is 35.9 Å². The third-order valence-corrected chi connectivity index (χ3v) is 3.29. The van der Waals surface area contributed by atoms with Crippen LogP contribution in [0.15, 0.2) is 42.5 Å². The van der Waals surface area contributed by atoms with E-state index in [0.29, 0.717) is 10.6 Å². The molecule has 0 bridgehead atoms. The number of phenolic OH excluding ortho intramolecular Hbond substituents is 1. The lowest BCUT2D eigenvalue weighted by Gasteiger charge is -2.09. The molecule has 0 heterocycles. The third-order valence-electron chi connectivity index (χ3n) is 3.05. The summed E-state index contributed by atoms with van der Waals surface area (Å²) in [7, 11) is 0. The molecule has 0 aliphatic heterocycles. The molecule has 0 aliphatic rings. The number of carbonyl (C=O) groups is 1. The number of aliphatic carboxylic acids is 1. The minimum Gasteiger partial charge on any atom is -0.507 e. The number of benzene rings is 2. The van der Waals surface area contributed by atoms with Crippen LogP contribution in [0.4, 0.5) is 0 Å². The topological polar surface area (TPSA) is 57.5 Å². The molecule has 2 rings (SSSR count). The molecule has 19 heavy (non-hydrogen) atoms. The monoisotopic (exact) mass is 276 g/mol. The van der Waals surface area contributed by atoms with Crippen molar-refractivity contribution in [1.82, 2.24) is 0 Å². The molecule has 0 saturated heterocycles. The Hall–Kier alpha value is -2.00. The number of carboxylic acids is 1. The molecule has 0 aliphatic carbocycles. The predicted octanol–water partition coefficient (Wildman–Crippen LogP) is 3.90. The number of rotatable bonds is 3. The summed E-state index contributed by atoms with van der Waals surface area (Å²) >= 11 is 5.78. The number of hydrogen-bond acceptors (Lipinski definition) is 2. The van der Waals surface area contributed by atoms with E-state index < -0.39 is 11.9 Å². The largest absolute Gasteiger partial charge is 0.507 e. The van der Waals surface area contributed by atoms with E-state index in [9.17, 15) is 9.90 Å². The van der Waals surface area contributed by atoms with Crippen molar-refractivity contribution in [2.75, 3.05) is 0 Å². The molecule has 4 heteroatoms. The summed E-state index contributed by atoms with van der Waals surface area (Å²) in [5.74, 6) is -1.30. The van der Waals surface area contributed by atoms with Gasteiger partial charge in [-0.2, -0.15) is 0 Å². The molecule has 1 atom stereocenters. The molecule has 0 fully saturated rings. The molecule has 2 aromatic rings. The van der Waals surface area contributed by atoms with Gasteiger partial charge in [-0.25, -0.2) is 0 Å². The van der Waals surface area contributed by atoms with Crippen molar-refractivity contribution in [2.45, 2.75) is 12.8 Å². The summed E-state index contributed by atoms with van der Waals surface area (Å²) in [5.41, 5.74) is 2.21. The van der Waals surface area contributed by atoms with Gasteiger partial charge in [-0.15, -0.1) is 0 Å². The highest BCUT2D eigenvalue weighted by Crippen LogP contribution is 2.32. The van der Waals surface area contributed by atoms with Crippen LogP contribution in [0.2, 0.25) is 5.02 Å². The summed E-state index contributed by atoms with van der Waals surface area (Å²) in [4.78, 5) is 10.9. The predicted molar refractivity (Wildman–Crippen MR) is 74.6 cm³/mol. The van der Waals surface area contributed by atoms with Crippen molar-refractivity contribution in [1.29, 1.82) is 0 Å². The number of phenols is 1. The smallest absolute Gasteiger partial charge is 0.310 e. The Labute approximate surface area is 116 Å². The van der Waals surface area contributed by atoms with Gasteiger partial charge in [0.05, 0.1) is 5.92 Å².